The normalized spacial score (nSPS) is 12.8. The van der Waals surface area contributed by atoms with Gasteiger partial charge in [0.25, 0.3) is 0 Å². The van der Waals surface area contributed by atoms with Gasteiger partial charge in [-0.05, 0) is 55.4 Å². The summed E-state index contributed by atoms with van der Waals surface area (Å²) in [5.41, 5.74) is 3.07. The van der Waals surface area contributed by atoms with Crippen molar-refractivity contribution in [3.8, 4) is 6.07 Å². The van der Waals surface area contributed by atoms with Crippen molar-refractivity contribution in [2.24, 2.45) is 5.92 Å². The van der Waals surface area contributed by atoms with Crippen LogP contribution in [0.2, 0.25) is 5.02 Å². The van der Waals surface area contributed by atoms with Crippen molar-refractivity contribution in [2.75, 3.05) is 6.61 Å². The lowest BCUT2D eigenvalue weighted by Crippen LogP contribution is -2.22. The number of benzene rings is 1. The summed E-state index contributed by atoms with van der Waals surface area (Å²) in [6.07, 6.45) is 5.45. The quantitative estimate of drug-likeness (QED) is 0.184. The van der Waals surface area contributed by atoms with Crippen LogP contribution in [0.5, 0.6) is 0 Å². The highest BCUT2D eigenvalue weighted by Crippen LogP contribution is 2.30. The fraction of sp³-hybridized carbons (Fsp3) is 0.448. The number of nitrogens with zero attached hydrogens (tertiary/aromatic N) is 3. The maximum absolute atomic E-state index is 13.5. The molecule has 0 aliphatic heterocycles. The summed E-state index contributed by atoms with van der Waals surface area (Å²) in [6.45, 7) is 1.32. The van der Waals surface area contributed by atoms with Crippen LogP contribution in [-0.2, 0) is 24.2 Å². The SMILES string of the molecule is C[C@H](CC(=O)O)CC(=O)c1c(CCCCCCc2cccc(Cl)c2)n(C[C@@H](O)CO)c2ncc(C#N)cc12. The molecule has 0 radical (unpaired) electrons. The topological polar surface area (TPSA) is 136 Å². The molecular weight excluding hydrogens is 506 g/mol. The van der Waals surface area contributed by atoms with Crippen molar-refractivity contribution in [3.05, 3.63) is 63.9 Å². The van der Waals surface area contributed by atoms with Crippen molar-refractivity contribution in [3.63, 3.8) is 0 Å². The lowest BCUT2D eigenvalue weighted by Gasteiger charge is -2.15. The molecule has 38 heavy (non-hydrogen) atoms. The minimum atomic E-state index is -1.05. The zero-order valence-electron chi connectivity index (χ0n) is 21.6. The van der Waals surface area contributed by atoms with Gasteiger partial charge in [0.1, 0.15) is 11.7 Å². The molecule has 3 rings (SSSR count). The number of halogens is 1. The summed E-state index contributed by atoms with van der Waals surface area (Å²) >= 11 is 6.07. The van der Waals surface area contributed by atoms with Gasteiger partial charge >= 0.3 is 5.97 Å². The van der Waals surface area contributed by atoms with Crippen LogP contribution < -0.4 is 0 Å². The summed E-state index contributed by atoms with van der Waals surface area (Å²) in [6, 6.07) is 11.5. The van der Waals surface area contributed by atoms with E-state index in [0.29, 0.717) is 34.3 Å². The molecule has 9 heteroatoms. The van der Waals surface area contributed by atoms with E-state index in [0.717, 1.165) is 37.1 Å². The van der Waals surface area contributed by atoms with E-state index in [4.69, 9.17) is 16.7 Å². The fourth-order valence-electron chi connectivity index (χ4n) is 4.83. The number of unbranched alkanes of at least 4 members (excludes halogenated alkanes) is 3. The number of pyridine rings is 1. The number of carboxylic acid groups (broad SMARTS) is 1. The summed E-state index contributed by atoms with van der Waals surface area (Å²) in [7, 11) is 0. The number of hydrogen-bond donors (Lipinski definition) is 3. The maximum Gasteiger partial charge on any atom is 0.303 e. The second kappa shape index (κ2) is 14.1. The molecular formula is C29H34ClN3O5. The van der Waals surface area contributed by atoms with Gasteiger partial charge in [0, 0.05) is 40.7 Å². The van der Waals surface area contributed by atoms with E-state index in [-0.39, 0.29) is 31.1 Å². The molecule has 3 aromatic rings. The molecule has 2 atom stereocenters. The van der Waals surface area contributed by atoms with Crippen molar-refractivity contribution in [2.45, 2.75) is 70.9 Å². The first kappa shape index (κ1) is 29.3. The lowest BCUT2D eigenvalue weighted by molar-refractivity contribution is -0.137. The van der Waals surface area contributed by atoms with Crippen molar-refractivity contribution < 1.29 is 24.9 Å². The molecule has 0 aliphatic carbocycles. The average Bonchev–Trinajstić information content (AvgIpc) is 3.17. The van der Waals surface area contributed by atoms with Gasteiger partial charge in [0.05, 0.1) is 24.8 Å². The molecule has 0 saturated heterocycles. The molecule has 0 spiro atoms. The minimum absolute atomic E-state index is 0.0391. The van der Waals surface area contributed by atoms with E-state index in [2.05, 4.69) is 17.1 Å². The molecule has 0 saturated carbocycles. The van der Waals surface area contributed by atoms with E-state index in [9.17, 15) is 25.1 Å². The Labute approximate surface area is 227 Å². The molecule has 1 aromatic carbocycles. The van der Waals surface area contributed by atoms with E-state index in [1.165, 1.54) is 11.8 Å². The molecule has 0 amide bonds. The third-order valence-electron chi connectivity index (χ3n) is 6.59. The molecule has 0 aliphatic rings. The van der Waals surface area contributed by atoms with Crippen LogP contribution in [0.3, 0.4) is 0 Å². The predicted molar refractivity (Wildman–Crippen MR) is 145 cm³/mol. The summed E-state index contributed by atoms with van der Waals surface area (Å²) in [5, 5.41) is 39.5. The number of aryl methyl sites for hydroxylation is 1. The van der Waals surface area contributed by atoms with Gasteiger partial charge in [-0.3, -0.25) is 9.59 Å². The number of nitriles is 1. The van der Waals surface area contributed by atoms with Crippen LogP contribution in [0.15, 0.2) is 36.5 Å². The van der Waals surface area contributed by atoms with E-state index in [1.54, 1.807) is 17.6 Å². The molecule has 0 unspecified atom stereocenters. The molecule has 2 aromatic heterocycles. The number of aliphatic carboxylic acids is 1. The smallest absolute Gasteiger partial charge is 0.303 e. The van der Waals surface area contributed by atoms with Crippen molar-refractivity contribution in [1.82, 2.24) is 9.55 Å². The van der Waals surface area contributed by atoms with Crippen LogP contribution in [-0.4, -0.2) is 49.3 Å². The molecule has 0 fully saturated rings. The number of aromatic nitrogens is 2. The van der Waals surface area contributed by atoms with Crippen LogP contribution in [0.25, 0.3) is 11.0 Å². The van der Waals surface area contributed by atoms with Gasteiger partial charge in [0.2, 0.25) is 0 Å². The number of carbonyl (C=O) groups excluding carboxylic acids is 1. The van der Waals surface area contributed by atoms with Crippen molar-refractivity contribution >= 4 is 34.4 Å². The van der Waals surface area contributed by atoms with Gasteiger partial charge in [-0.1, -0.05) is 43.5 Å². The Morgan fingerprint density at radius 2 is 1.87 bits per heavy atom. The molecule has 0 bridgehead atoms. The number of hydrogen-bond acceptors (Lipinski definition) is 6. The Hall–Kier alpha value is -3.25. The van der Waals surface area contributed by atoms with Gasteiger partial charge in [0.15, 0.2) is 5.78 Å². The zero-order chi connectivity index (χ0) is 27.7. The van der Waals surface area contributed by atoms with E-state index in [1.807, 2.05) is 18.2 Å². The highest BCUT2D eigenvalue weighted by atomic mass is 35.5. The van der Waals surface area contributed by atoms with Crippen molar-refractivity contribution in [1.29, 1.82) is 5.26 Å². The monoisotopic (exact) mass is 539 g/mol. The Balaban J connectivity index is 1.85. The van der Waals surface area contributed by atoms with Crippen LogP contribution in [0.1, 0.15) is 72.6 Å². The van der Waals surface area contributed by atoms with Gasteiger partial charge < -0.3 is 19.9 Å². The number of fused-ring (bicyclic) bond motifs is 1. The van der Waals surface area contributed by atoms with Crippen LogP contribution >= 0.6 is 11.6 Å². The van der Waals surface area contributed by atoms with E-state index >= 15 is 0 Å². The molecule has 202 valence electrons. The summed E-state index contributed by atoms with van der Waals surface area (Å²) in [4.78, 5) is 29.1. The third-order valence-corrected chi connectivity index (χ3v) is 6.83. The number of aliphatic hydroxyl groups excluding tert-OH is 2. The number of carbonyl (C=O) groups is 2. The largest absolute Gasteiger partial charge is 0.481 e. The van der Waals surface area contributed by atoms with Gasteiger partial charge in [-0.2, -0.15) is 5.26 Å². The summed E-state index contributed by atoms with van der Waals surface area (Å²) in [5.74, 6) is -1.55. The molecule has 3 N–H and O–H groups in total. The third kappa shape index (κ3) is 7.87. The highest BCUT2D eigenvalue weighted by Gasteiger charge is 2.26. The standard InChI is InChI=1S/C29H34ClN3O5/c1-19(12-27(37)38)11-26(36)28-24-14-21(15-31)16-32-29(24)33(17-23(35)18-34)25(28)10-5-3-2-4-7-20-8-6-9-22(30)13-20/h6,8-9,13-14,16,19,23,34-35H,2-5,7,10-12,17-18H2,1H3,(H,37,38)/t19-,23+/m0/s1. The predicted octanol–water partition coefficient (Wildman–Crippen LogP) is 4.94. The number of aliphatic hydroxyl groups is 2. The Bertz CT molecular complexity index is 1310. The van der Waals surface area contributed by atoms with Crippen LogP contribution in [0, 0.1) is 17.2 Å². The first-order valence-corrected chi connectivity index (χ1v) is 13.3. The fourth-order valence-corrected chi connectivity index (χ4v) is 5.04. The maximum atomic E-state index is 13.5. The number of ketones is 1. The molecule has 8 nitrogen and oxygen atoms in total. The second-order valence-electron chi connectivity index (χ2n) is 9.85. The van der Waals surface area contributed by atoms with Gasteiger partial charge in [-0.15, -0.1) is 0 Å². The Morgan fingerprint density at radius 1 is 1.13 bits per heavy atom. The van der Waals surface area contributed by atoms with Gasteiger partial charge in [-0.25, -0.2) is 4.98 Å². The second-order valence-corrected chi connectivity index (χ2v) is 10.3. The highest BCUT2D eigenvalue weighted by molar-refractivity contribution is 6.30. The Morgan fingerprint density at radius 3 is 2.53 bits per heavy atom. The van der Waals surface area contributed by atoms with Crippen LogP contribution in [0.4, 0.5) is 0 Å². The number of carboxylic acids is 1. The Kier molecular flexibility index (Phi) is 10.8. The first-order chi connectivity index (χ1) is 18.2. The first-order valence-electron chi connectivity index (χ1n) is 12.9. The minimum Gasteiger partial charge on any atom is -0.481 e. The molecule has 2 heterocycles. The zero-order valence-corrected chi connectivity index (χ0v) is 22.3. The average molecular weight is 540 g/mol. The summed E-state index contributed by atoms with van der Waals surface area (Å²) < 4.78 is 1.76. The number of Topliss-reactive ketones (excluding diaryl/α,β-unsaturated/α-hetero) is 1. The van der Waals surface area contributed by atoms with E-state index < -0.39 is 18.7 Å². The lowest BCUT2D eigenvalue weighted by atomic mass is 9.94. The number of rotatable bonds is 15.